The normalized spacial score (nSPS) is 10.3. The number of anilines is 3. The summed E-state index contributed by atoms with van der Waals surface area (Å²) in [5, 5.41) is 0. The van der Waals surface area contributed by atoms with Gasteiger partial charge < -0.3 is 9.80 Å². The van der Waals surface area contributed by atoms with E-state index in [0.29, 0.717) is 17.8 Å². The molecule has 0 unspecified atom stereocenters. The quantitative estimate of drug-likeness (QED) is 0.578. The number of nitrogens with zero attached hydrogens (tertiary/aromatic N) is 6. The Morgan fingerprint density at radius 3 is 2.48 bits per heavy atom. The van der Waals surface area contributed by atoms with Crippen LogP contribution in [0.1, 0.15) is 5.69 Å². The highest BCUT2D eigenvalue weighted by atomic mass is 15.4. The SMILES string of the molecule is CN(C)c1nc(NN)nc(N(C)CCc2ccccn2)n1. The van der Waals surface area contributed by atoms with Crippen LogP contribution in [0.15, 0.2) is 24.4 Å². The van der Waals surface area contributed by atoms with Gasteiger partial charge in [-0.1, -0.05) is 6.07 Å². The van der Waals surface area contributed by atoms with E-state index in [4.69, 9.17) is 5.84 Å². The Balaban J connectivity index is 2.11. The van der Waals surface area contributed by atoms with Crippen LogP contribution >= 0.6 is 0 Å². The Morgan fingerprint density at radius 2 is 1.86 bits per heavy atom. The first-order valence-corrected chi connectivity index (χ1v) is 6.61. The van der Waals surface area contributed by atoms with Gasteiger partial charge in [-0.15, -0.1) is 0 Å². The van der Waals surface area contributed by atoms with E-state index in [-0.39, 0.29) is 0 Å². The van der Waals surface area contributed by atoms with E-state index in [0.717, 1.165) is 18.7 Å². The van der Waals surface area contributed by atoms with E-state index < -0.39 is 0 Å². The van der Waals surface area contributed by atoms with Gasteiger partial charge in [-0.25, -0.2) is 5.84 Å². The molecule has 0 aliphatic rings. The van der Waals surface area contributed by atoms with Crippen LogP contribution in [0.3, 0.4) is 0 Å². The Bertz CT molecular complexity index is 572. The number of hydrogen-bond donors (Lipinski definition) is 2. The lowest BCUT2D eigenvalue weighted by atomic mass is 10.2. The molecule has 3 N–H and O–H groups in total. The number of hydrogen-bond acceptors (Lipinski definition) is 8. The predicted molar refractivity (Wildman–Crippen MR) is 83.2 cm³/mol. The first kappa shape index (κ1) is 14.9. The Morgan fingerprint density at radius 1 is 1.10 bits per heavy atom. The van der Waals surface area contributed by atoms with E-state index in [1.54, 1.807) is 11.1 Å². The molecule has 0 radical (unpaired) electrons. The average molecular weight is 288 g/mol. The summed E-state index contributed by atoms with van der Waals surface area (Å²) < 4.78 is 0. The van der Waals surface area contributed by atoms with Gasteiger partial charge in [0.1, 0.15) is 0 Å². The average Bonchev–Trinajstić information content (AvgIpc) is 2.53. The van der Waals surface area contributed by atoms with Gasteiger partial charge >= 0.3 is 0 Å². The zero-order valence-corrected chi connectivity index (χ0v) is 12.5. The minimum Gasteiger partial charge on any atom is -0.347 e. The molecule has 0 saturated heterocycles. The molecular formula is C13H20N8. The van der Waals surface area contributed by atoms with Crippen molar-refractivity contribution in [3.8, 4) is 0 Å². The van der Waals surface area contributed by atoms with Crippen molar-refractivity contribution in [2.24, 2.45) is 5.84 Å². The topological polar surface area (TPSA) is 96.1 Å². The largest absolute Gasteiger partial charge is 0.347 e. The van der Waals surface area contributed by atoms with Crippen LogP contribution in [-0.2, 0) is 6.42 Å². The van der Waals surface area contributed by atoms with Crippen molar-refractivity contribution < 1.29 is 0 Å². The predicted octanol–water partition coefficient (Wildman–Crippen LogP) is 0.297. The van der Waals surface area contributed by atoms with Crippen molar-refractivity contribution in [3.63, 3.8) is 0 Å². The maximum atomic E-state index is 5.40. The number of hydrazine groups is 1. The maximum Gasteiger partial charge on any atom is 0.243 e. The molecule has 0 saturated carbocycles. The van der Waals surface area contributed by atoms with Gasteiger partial charge in [0.05, 0.1) is 0 Å². The number of nitrogens with two attached hydrogens (primary N) is 1. The lowest BCUT2D eigenvalue weighted by molar-refractivity contribution is 0.809. The number of aromatic nitrogens is 4. The zero-order chi connectivity index (χ0) is 15.2. The zero-order valence-electron chi connectivity index (χ0n) is 12.5. The number of nitrogens with one attached hydrogen (secondary N) is 1. The molecule has 0 fully saturated rings. The molecule has 2 aromatic heterocycles. The molecule has 2 heterocycles. The van der Waals surface area contributed by atoms with E-state index in [1.165, 1.54) is 0 Å². The van der Waals surface area contributed by atoms with Crippen molar-refractivity contribution in [2.75, 3.05) is 42.9 Å². The molecule has 0 amide bonds. The standard InChI is InChI=1S/C13H20N8/c1-20(2)12-16-11(19-14)17-13(18-12)21(3)9-7-10-6-4-5-8-15-10/h4-6,8H,7,9,14H2,1-3H3,(H,16,17,18,19). The fraction of sp³-hybridized carbons (Fsp3) is 0.385. The van der Waals surface area contributed by atoms with Crippen molar-refractivity contribution >= 4 is 17.8 Å². The third-order valence-corrected chi connectivity index (χ3v) is 2.91. The van der Waals surface area contributed by atoms with Crippen molar-refractivity contribution in [2.45, 2.75) is 6.42 Å². The van der Waals surface area contributed by atoms with E-state index in [1.807, 2.05) is 44.2 Å². The highest BCUT2D eigenvalue weighted by Crippen LogP contribution is 2.13. The molecule has 0 aliphatic heterocycles. The van der Waals surface area contributed by atoms with Crippen LogP contribution in [0.4, 0.5) is 17.8 Å². The molecule has 112 valence electrons. The molecule has 0 atom stereocenters. The lowest BCUT2D eigenvalue weighted by Crippen LogP contribution is -2.26. The summed E-state index contributed by atoms with van der Waals surface area (Å²) >= 11 is 0. The third-order valence-electron chi connectivity index (χ3n) is 2.91. The fourth-order valence-electron chi connectivity index (χ4n) is 1.72. The third kappa shape index (κ3) is 3.99. The molecule has 0 aliphatic carbocycles. The van der Waals surface area contributed by atoms with Gasteiger partial charge in [0.25, 0.3) is 0 Å². The molecule has 0 aromatic carbocycles. The fourth-order valence-corrected chi connectivity index (χ4v) is 1.72. The van der Waals surface area contributed by atoms with Crippen molar-refractivity contribution in [1.29, 1.82) is 0 Å². The lowest BCUT2D eigenvalue weighted by Gasteiger charge is -2.19. The van der Waals surface area contributed by atoms with Gasteiger partial charge in [-0.3, -0.25) is 10.4 Å². The number of nitrogen functional groups attached to an aromatic ring is 1. The second kappa shape index (κ2) is 6.80. The van der Waals surface area contributed by atoms with E-state index in [2.05, 4.69) is 25.4 Å². The summed E-state index contributed by atoms with van der Waals surface area (Å²) in [6.45, 7) is 0.748. The summed E-state index contributed by atoms with van der Waals surface area (Å²) in [4.78, 5) is 20.9. The van der Waals surface area contributed by atoms with Crippen LogP contribution in [0.25, 0.3) is 0 Å². The smallest absolute Gasteiger partial charge is 0.243 e. The molecular weight excluding hydrogens is 268 g/mol. The van der Waals surface area contributed by atoms with Gasteiger partial charge in [0.15, 0.2) is 0 Å². The summed E-state index contributed by atoms with van der Waals surface area (Å²) in [5.41, 5.74) is 3.49. The van der Waals surface area contributed by atoms with E-state index in [9.17, 15) is 0 Å². The molecule has 2 rings (SSSR count). The molecule has 8 heteroatoms. The van der Waals surface area contributed by atoms with Gasteiger partial charge in [-0.2, -0.15) is 15.0 Å². The summed E-state index contributed by atoms with van der Waals surface area (Å²) in [7, 11) is 5.67. The summed E-state index contributed by atoms with van der Waals surface area (Å²) in [5.74, 6) is 6.86. The van der Waals surface area contributed by atoms with E-state index >= 15 is 0 Å². The number of likely N-dealkylation sites (N-methyl/N-ethyl adjacent to an activating group) is 1. The first-order chi connectivity index (χ1) is 10.1. The second-order valence-electron chi connectivity index (χ2n) is 4.79. The Labute approximate surface area is 124 Å². The van der Waals surface area contributed by atoms with Crippen LogP contribution in [0.2, 0.25) is 0 Å². The maximum absolute atomic E-state index is 5.40. The van der Waals surface area contributed by atoms with Crippen molar-refractivity contribution in [3.05, 3.63) is 30.1 Å². The number of rotatable bonds is 6. The van der Waals surface area contributed by atoms with Crippen LogP contribution in [0.5, 0.6) is 0 Å². The number of pyridine rings is 1. The molecule has 0 bridgehead atoms. The van der Waals surface area contributed by atoms with Crippen LogP contribution in [0, 0.1) is 0 Å². The first-order valence-electron chi connectivity index (χ1n) is 6.61. The van der Waals surface area contributed by atoms with Crippen LogP contribution < -0.4 is 21.1 Å². The van der Waals surface area contributed by atoms with Gasteiger partial charge in [0.2, 0.25) is 17.8 Å². The van der Waals surface area contributed by atoms with Crippen LogP contribution in [-0.4, -0.2) is 47.6 Å². The highest BCUT2D eigenvalue weighted by Gasteiger charge is 2.11. The Kier molecular flexibility index (Phi) is 4.83. The summed E-state index contributed by atoms with van der Waals surface area (Å²) in [6, 6.07) is 5.88. The molecule has 8 nitrogen and oxygen atoms in total. The molecule has 0 spiro atoms. The molecule has 21 heavy (non-hydrogen) atoms. The Hall–Kier alpha value is -2.48. The minimum absolute atomic E-state index is 0.341. The monoisotopic (exact) mass is 288 g/mol. The second-order valence-corrected chi connectivity index (χ2v) is 4.79. The van der Waals surface area contributed by atoms with Gasteiger partial charge in [-0.05, 0) is 12.1 Å². The van der Waals surface area contributed by atoms with Crippen molar-refractivity contribution in [1.82, 2.24) is 19.9 Å². The minimum atomic E-state index is 0.341. The van der Waals surface area contributed by atoms with Gasteiger partial charge in [0, 0.05) is 46.0 Å². The highest BCUT2D eigenvalue weighted by molar-refractivity contribution is 5.43. The molecule has 2 aromatic rings. The summed E-state index contributed by atoms with van der Waals surface area (Å²) in [6.07, 6.45) is 2.60.